The van der Waals surface area contributed by atoms with Crippen LogP contribution < -0.4 is 5.32 Å². The molecular weight excluding hydrogens is 366 g/mol. The highest BCUT2D eigenvalue weighted by molar-refractivity contribution is 6.03. The number of anilines is 1. The third-order valence-corrected chi connectivity index (χ3v) is 3.91. The number of carbonyl (C=O) groups is 1. The molecule has 2 aromatic heterocycles. The molecule has 1 aromatic carbocycles. The van der Waals surface area contributed by atoms with Gasteiger partial charge in [0, 0.05) is 25.3 Å². The van der Waals surface area contributed by atoms with Crippen LogP contribution in [0.15, 0.2) is 30.3 Å². The lowest BCUT2D eigenvalue weighted by Crippen LogP contribution is -2.16. The Hall–Kier alpha value is -3.17. The second kappa shape index (κ2) is 6.53. The Morgan fingerprint density at radius 1 is 1.07 bits per heavy atom. The Balaban J connectivity index is 1.87. The minimum absolute atomic E-state index is 0.0278. The van der Waals surface area contributed by atoms with E-state index in [1.54, 1.807) is 20.0 Å². The summed E-state index contributed by atoms with van der Waals surface area (Å²) in [6.07, 6.45) is -4.62. The van der Waals surface area contributed by atoms with Crippen molar-refractivity contribution in [3.63, 3.8) is 0 Å². The molecule has 0 bridgehead atoms. The molecule has 27 heavy (non-hydrogen) atoms. The van der Waals surface area contributed by atoms with Crippen LogP contribution in [-0.2, 0) is 20.3 Å². The first-order valence-electron chi connectivity index (χ1n) is 7.79. The molecule has 1 N–H and O–H groups in total. The smallest absolute Gasteiger partial charge is 0.321 e. The maximum atomic E-state index is 14.5. The van der Waals surface area contributed by atoms with Gasteiger partial charge in [-0.1, -0.05) is 0 Å². The molecule has 3 aromatic rings. The summed E-state index contributed by atoms with van der Waals surface area (Å²) in [6.45, 7) is 1.73. The first kappa shape index (κ1) is 18.6. The summed E-state index contributed by atoms with van der Waals surface area (Å²) >= 11 is 0. The van der Waals surface area contributed by atoms with Gasteiger partial charge in [-0.2, -0.15) is 23.4 Å². The van der Waals surface area contributed by atoms with Crippen LogP contribution >= 0.6 is 0 Å². The molecule has 0 atom stereocenters. The predicted octanol–water partition coefficient (Wildman–Crippen LogP) is 3.54. The Morgan fingerprint density at radius 3 is 2.30 bits per heavy atom. The number of nitrogens with zero attached hydrogens (tertiary/aromatic N) is 4. The standard InChI is InChI=1S/C17H15F4N5O/c1-9-6-14(26(3)23-9)16(27)22-10-4-5-11(12(18)7-10)13-8-15(17(19,20)21)24-25(13)2/h4-8H,1-3H3,(H,22,27). The number of amides is 1. The van der Waals surface area contributed by atoms with Gasteiger partial charge in [0.05, 0.1) is 11.4 Å². The van der Waals surface area contributed by atoms with Gasteiger partial charge >= 0.3 is 6.18 Å². The maximum absolute atomic E-state index is 14.5. The van der Waals surface area contributed by atoms with Crippen LogP contribution in [0.5, 0.6) is 0 Å². The van der Waals surface area contributed by atoms with Crippen LogP contribution in [0.4, 0.5) is 23.2 Å². The van der Waals surface area contributed by atoms with Crippen LogP contribution in [0.1, 0.15) is 21.9 Å². The highest BCUT2D eigenvalue weighted by Crippen LogP contribution is 2.32. The van der Waals surface area contributed by atoms with Gasteiger partial charge in [-0.25, -0.2) is 4.39 Å². The van der Waals surface area contributed by atoms with Crippen molar-refractivity contribution in [1.29, 1.82) is 0 Å². The average molecular weight is 381 g/mol. The number of rotatable bonds is 3. The Bertz CT molecular complexity index is 1020. The zero-order chi connectivity index (χ0) is 19.9. The number of carbonyl (C=O) groups excluding carboxylic acids is 1. The van der Waals surface area contributed by atoms with E-state index in [0.29, 0.717) is 11.4 Å². The van der Waals surface area contributed by atoms with Gasteiger partial charge in [0.2, 0.25) is 0 Å². The highest BCUT2D eigenvalue weighted by atomic mass is 19.4. The lowest BCUT2D eigenvalue weighted by molar-refractivity contribution is -0.141. The molecule has 2 heterocycles. The first-order chi connectivity index (χ1) is 12.6. The number of aromatic nitrogens is 4. The molecule has 0 aliphatic rings. The predicted molar refractivity (Wildman–Crippen MR) is 89.5 cm³/mol. The molecule has 1 amide bonds. The molecule has 0 aliphatic heterocycles. The van der Waals surface area contributed by atoms with Crippen molar-refractivity contribution in [2.45, 2.75) is 13.1 Å². The SMILES string of the molecule is Cc1cc(C(=O)Nc2ccc(-c3cc(C(F)(F)F)nn3C)c(F)c2)n(C)n1. The van der Waals surface area contributed by atoms with E-state index in [2.05, 4.69) is 15.5 Å². The van der Waals surface area contributed by atoms with Gasteiger partial charge in [0.25, 0.3) is 5.91 Å². The largest absolute Gasteiger partial charge is 0.435 e. The van der Waals surface area contributed by atoms with E-state index in [1.165, 1.54) is 23.9 Å². The normalized spacial score (nSPS) is 11.7. The van der Waals surface area contributed by atoms with Gasteiger partial charge in [0.15, 0.2) is 5.69 Å². The summed E-state index contributed by atoms with van der Waals surface area (Å²) in [5.41, 5.74) is -0.0872. The second-order valence-electron chi connectivity index (χ2n) is 5.98. The van der Waals surface area contributed by atoms with Gasteiger partial charge in [0.1, 0.15) is 11.5 Å². The average Bonchev–Trinajstić information content (AvgIpc) is 3.09. The van der Waals surface area contributed by atoms with E-state index >= 15 is 0 Å². The lowest BCUT2D eigenvalue weighted by Gasteiger charge is -2.08. The van der Waals surface area contributed by atoms with Crippen molar-refractivity contribution in [3.05, 3.63) is 53.2 Å². The van der Waals surface area contributed by atoms with Crippen molar-refractivity contribution in [2.75, 3.05) is 5.32 Å². The number of halogens is 4. The van der Waals surface area contributed by atoms with E-state index < -0.39 is 23.6 Å². The summed E-state index contributed by atoms with van der Waals surface area (Å²) in [7, 11) is 2.90. The number of hydrogen-bond acceptors (Lipinski definition) is 3. The molecule has 0 unspecified atom stereocenters. The molecule has 0 aliphatic carbocycles. The summed E-state index contributed by atoms with van der Waals surface area (Å²) < 4.78 is 55.1. The van der Waals surface area contributed by atoms with Crippen LogP contribution in [0.2, 0.25) is 0 Å². The van der Waals surface area contributed by atoms with Crippen molar-refractivity contribution in [1.82, 2.24) is 19.6 Å². The van der Waals surface area contributed by atoms with Crippen LogP contribution in [-0.4, -0.2) is 25.5 Å². The molecule has 3 rings (SSSR count). The third-order valence-electron chi connectivity index (χ3n) is 3.91. The van der Waals surface area contributed by atoms with Crippen molar-refractivity contribution >= 4 is 11.6 Å². The summed E-state index contributed by atoms with van der Waals surface area (Å²) in [4.78, 5) is 12.2. The Morgan fingerprint density at radius 2 is 1.78 bits per heavy atom. The third kappa shape index (κ3) is 3.69. The molecular formula is C17H15F4N5O. The van der Waals surface area contributed by atoms with Gasteiger partial charge in [-0.05, 0) is 37.3 Å². The fraction of sp³-hybridized carbons (Fsp3) is 0.235. The van der Waals surface area contributed by atoms with E-state index in [0.717, 1.165) is 16.8 Å². The van der Waals surface area contributed by atoms with E-state index in [4.69, 9.17) is 0 Å². The molecule has 0 saturated heterocycles. The number of aryl methyl sites for hydroxylation is 3. The number of nitrogens with one attached hydrogen (secondary N) is 1. The number of alkyl halides is 3. The molecule has 0 fully saturated rings. The van der Waals surface area contributed by atoms with Crippen molar-refractivity contribution < 1.29 is 22.4 Å². The Kier molecular flexibility index (Phi) is 4.50. The fourth-order valence-electron chi connectivity index (χ4n) is 2.68. The van der Waals surface area contributed by atoms with Gasteiger partial charge in [-0.3, -0.25) is 14.2 Å². The van der Waals surface area contributed by atoms with Crippen molar-refractivity contribution in [2.24, 2.45) is 14.1 Å². The van der Waals surface area contributed by atoms with Crippen LogP contribution in [0.25, 0.3) is 11.3 Å². The van der Waals surface area contributed by atoms with Crippen LogP contribution in [0, 0.1) is 12.7 Å². The minimum atomic E-state index is -4.62. The molecule has 0 spiro atoms. The van der Waals surface area contributed by atoms with Crippen LogP contribution in [0.3, 0.4) is 0 Å². The van der Waals surface area contributed by atoms with E-state index in [9.17, 15) is 22.4 Å². The highest BCUT2D eigenvalue weighted by Gasteiger charge is 2.35. The monoisotopic (exact) mass is 381 g/mol. The zero-order valence-corrected chi connectivity index (χ0v) is 14.6. The van der Waals surface area contributed by atoms with Crippen molar-refractivity contribution in [3.8, 4) is 11.3 Å². The van der Waals surface area contributed by atoms with Gasteiger partial charge in [-0.15, -0.1) is 0 Å². The summed E-state index contributed by atoms with van der Waals surface area (Å²) in [6, 6.07) is 6.08. The topological polar surface area (TPSA) is 64.7 Å². The molecule has 0 radical (unpaired) electrons. The zero-order valence-electron chi connectivity index (χ0n) is 14.6. The molecule has 0 saturated carbocycles. The summed E-state index contributed by atoms with van der Waals surface area (Å²) in [5.74, 6) is -1.27. The first-order valence-corrected chi connectivity index (χ1v) is 7.79. The molecule has 10 heteroatoms. The number of benzene rings is 1. The lowest BCUT2D eigenvalue weighted by atomic mass is 10.1. The fourth-order valence-corrected chi connectivity index (χ4v) is 2.68. The maximum Gasteiger partial charge on any atom is 0.435 e. The second-order valence-corrected chi connectivity index (χ2v) is 5.98. The number of hydrogen-bond donors (Lipinski definition) is 1. The minimum Gasteiger partial charge on any atom is -0.321 e. The Labute approximate surface area is 151 Å². The molecule has 6 nitrogen and oxygen atoms in total. The molecule has 142 valence electrons. The van der Waals surface area contributed by atoms with Gasteiger partial charge < -0.3 is 5.32 Å². The van der Waals surface area contributed by atoms with E-state index in [1.807, 2.05) is 0 Å². The van der Waals surface area contributed by atoms with E-state index in [-0.39, 0.29) is 16.9 Å². The summed E-state index contributed by atoms with van der Waals surface area (Å²) in [5, 5.41) is 9.96. The quantitative estimate of drug-likeness (QED) is 0.706.